The maximum atomic E-state index is 9.26. The second kappa shape index (κ2) is 12.3. The molecule has 2 aromatic heterocycles. The molecular weight excluding hydrogens is 546 g/mol. The Morgan fingerprint density at radius 1 is 1.02 bits per heavy atom. The van der Waals surface area contributed by atoms with Crippen molar-refractivity contribution in [2.75, 3.05) is 6.54 Å². The molecule has 0 saturated carbocycles. The van der Waals surface area contributed by atoms with Crippen molar-refractivity contribution >= 4 is 22.6 Å². The number of furan rings is 1. The average molecular weight is 578 g/mol. The summed E-state index contributed by atoms with van der Waals surface area (Å²) in [4.78, 5) is 6.62. The third-order valence-corrected chi connectivity index (χ3v) is 8.39. The lowest BCUT2D eigenvalue weighted by Crippen LogP contribution is -2.26. The zero-order chi connectivity index (χ0) is 29.1. The molecule has 42 heavy (non-hydrogen) atoms. The van der Waals surface area contributed by atoms with E-state index < -0.39 is 0 Å². The van der Waals surface area contributed by atoms with Gasteiger partial charge in [-0.1, -0.05) is 41.9 Å². The number of hydrogen-bond donors (Lipinski definition) is 0. The number of rotatable bonds is 9. The number of nitriles is 1. The van der Waals surface area contributed by atoms with E-state index in [-0.39, 0.29) is 6.61 Å². The topological polar surface area (TPSA) is 71.5 Å². The number of aromatic nitrogens is 1. The summed E-state index contributed by atoms with van der Waals surface area (Å²) in [5.74, 6) is 1.28. The number of benzene rings is 3. The van der Waals surface area contributed by atoms with Crippen LogP contribution < -0.4 is 9.47 Å². The van der Waals surface area contributed by atoms with Gasteiger partial charge >= 0.3 is 0 Å². The summed E-state index contributed by atoms with van der Waals surface area (Å²) in [5.41, 5.74) is 7.65. The van der Waals surface area contributed by atoms with Crippen molar-refractivity contribution in [1.29, 1.82) is 5.26 Å². The Kier molecular flexibility index (Phi) is 8.14. The van der Waals surface area contributed by atoms with Crippen molar-refractivity contribution in [3.8, 4) is 28.7 Å². The van der Waals surface area contributed by atoms with Crippen LogP contribution in [0.3, 0.4) is 0 Å². The van der Waals surface area contributed by atoms with Crippen LogP contribution in [0.1, 0.15) is 47.6 Å². The molecule has 6 nitrogen and oxygen atoms in total. The third kappa shape index (κ3) is 5.99. The summed E-state index contributed by atoms with van der Waals surface area (Å²) >= 11 is 6.80. The van der Waals surface area contributed by atoms with E-state index in [0.29, 0.717) is 34.7 Å². The van der Waals surface area contributed by atoms with Gasteiger partial charge in [0.05, 0.1) is 16.8 Å². The first kappa shape index (κ1) is 27.8. The van der Waals surface area contributed by atoms with Gasteiger partial charge in [0, 0.05) is 47.6 Å². The Morgan fingerprint density at radius 2 is 1.90 bits per heavy atom. The number of pyridine rings is 1. The van der Waals surface area contributed by atoms with Crippen LogP contribution in [0.5, 0.6) is 11.5 Å². The van der Waals surface area contributed by atoms with E-state index in [0.717, 1.165) is 57.4 Å². The third-order valence-electron chi connectivity index (χ3n) is 8.09. The van der Waals surface area contributed by atoms with Crippen LogP contribution in [0, 0.1) is 18.3 Å². The number of halogens is 1. The fraction of sp³-hybridized carbons (Fsp3) is 0.257. The van der Waals surface area contributed by atoms with Crippen molar-refractivity contribution in [2.24, 2.45) is 0 Å². The Bertz CT molecular complexity index is 1770. The van der Waals surface area contributed by atoms with Crippen LogP contribution in [0.25, 0.3) is 22.1 Å². The van der Waals surface area contributed by atoms with Crippen molar-refractivity contribution in [1.82, 2.24) is 9.88 Å². The van der Waals surface area contributed by atoms with E-state index in [9.17, 15) is 5.26 Å². The molecule has 1 atom stereocenters. The quantitative estimate of drug-likeness (QED) is 0.175. The molecule has 3 heterocycles. The minimum absolute atomic E-state index is 0.285. The number of ether oxygens (including phenoxy) is 2. The lowest BCUT2D eigenvalue weighted by molar-refractivity contribution is 0.246. The van der Waals surface area contributed by atoms with E-state index in [4.69, 9.17) is 25.5 Å². The highest BCUT2D eigenvalue weighted by atomic mass is 35.5. The molecule has 1 aliphatic heterocycles. The van der Waals surface area contributed by atoms with Crippen LogP contribution in [-0.2, 0) is 19.8 Å². The molecule has 1 aliphatic rings. The lowest BCUT2D eigenvalue weighted by atomic mass is 9.96. The van der Waals surface area contributed by atoms with Crippen LogP contribution in [0.4, 0.5) is 0 Å². The monoisotopic (exact) mass is 577 g/mol. The molecule has 1 saturated heterocycles. The van der Waals surface area contributed by atoms with Crippen LogP contribution >= 0.6 is 11.6 Å². The minimum atomic E-state index is 0.285. The van der Waals surface area contributed by atoms with Crippen molar-refractivity contribution in [2.45, 2.75) is 52.5 Å². The Labute approximate surface area is 251 Å². The fourth-order valence-electron chi connectivity index (χ4n) is 5.61. The van der Waals surface area contributed by atoms with Gasteiger partial charge in [0.2, 0.25) is 0 Å². The van der Waals surface area contributed by atoms with Crippen molar-refractivity contribution < 1.29 is 13.9 Å². The predicted octanol–water partition coefficient (Wildman–Crippen LogP) is 8.47. The first-order valence-electron chi connectivity index (χ1n) is 14.2. The first-order valence-corrected chi connectivity index (χ1v) is 14.6. The molecule has 0 bridgehead atoms. The van der Waals surface area contributed by atoms with Crippen LogP contribution in [-0.4, -0.2) is 22.5 Å². The van der Waals surface area contributed by atoms with E-state index in [1.165, 1.54) is 12.8 Å². The maximum absolute atomic E-state index is 9.26. The normalized spacial score (nSPS) is 15.1. The molecule has 1 fully saturated rings. The summed E-state index contributed by atoms with van der Waals surface area (Å²) in [7, 11) is 0. The molecule has 1 unspecified atom stereocenters. The molecule has 6 rings (SSSR count). The van der Waals surface area contributed by atoms with Gasteiger partial charge in [0.1, 0.15) is 36.4 Å². The van der Waals surface area contributed by atoms with Gasteiger partial charge in [-0.2, -0.15) is 5.26 Å². The molecule has 0 spiro atoms. The van der Waals surface area contributed by atoms with E-state index in [2.05, 4.69) is 60.1 Å². The summed E-state index contributed by atoms with van der Waals surface area (Å²) in [6, 6.07) is 22.8. The molecule has 0 N–H and O–H groups in total. The van der Waals surface area contributed by atoms with E-state index >= 15 is 0 Å². The average Bonchev–Trinajstić information content (AvgIpc) is 3.65. The molecule has 212 valence electrons. The zero-order valence-electron chi connectivity index (χ0n) is 23.8. The smallest absolute Gasteiger partial charge is 0.142 e. The van der Waals surface area contributed by atoms with Crippen molar-refractivity contribution in [3.05, 3.63) is 112 Å². The lowest BCUT2D eigenvalue weighted by Gasteiger charge is -2.23. The largest absolute Gasteiger partial charge is 0.488 e. The maximum Gasteiger partial charge on any atom is 0.142 e. The molecule has 3 aromatic carbocycles. The highest BCUT2D eigenvalue weighted by molar-refractivity contribution is 6.32. The Hall–Kier alpha value is -4.31. The number of likely N-dealkylation sites (tertiary alicyclic amines) is 1. The summed E-state index contributed by atoms with van der Waals surface area (Å²) in [5, 5.41) is 10.9. The van der Waals surface area contributed by atoms with Crippen molar-refractivity contribution in [3.63, 3.8) is 0 Å². The van der Waals surface area contributed by atoms with Gasteiger partial charge in [-0.05, 0) is 79.8 Å². The molecule has 0 radical (unpaired) electrons. The van der Waals surface area contributed by atoms with Gasteiger partial charge in [-0.15, -0.1) is 0 Å². The predicted molar refractivity (Wildman–Crippen MR) is 165 cm³/mol. The summed E-state index contributed by atoms with van der Waals surface area (Å²) in [6.45, 7) is 6.81. The highest BCUT2D eigenvalue weighted by Gasteiger charge is 2.23. The Balaban J connectivity index is 1.25. The molecule has 5 aromatic rings. The molecule has 7 heteroatoms. The Morgan fingerprint density at radius 3 is 2.74 bits per heavy atom. The van der Waals surface area contributed by atoms with Gasteiger partial charge in [0.15, 0.2) is 0 Å². The first-order chi connectivity index (χ1) is 20.5. The summed E-state index contributed by atoms with van der Waals surface area (Å²) < 4.78 is 18.3. The standard InChI is InChI=1S/C35H32ClN3O3/c1-23-5-4-11-39(23)20-30-14-32(36)35(16-34(30)41-21-26-13-25(17-37)18-38-19-26)42-22-29-6-3-7-31(24(29)2)28-9-8-27-10-12-40-33(27)15-28/h3,6-10,12-16,18-19,23H,4-5,11,20-22H2,1-2H3. The number of fused-ring (bicyclic) bond motifs is 1. The van der Waals surface area contributed by atoms with Crippen LogP contribution in [0.2, 0.25) is 5.02 Å². The summed E-state index contributed by atoms with van der Waals surface area (Å²) in [6.07, 6.45) is 7.35. The second-order valence-corrected chi connectivity index (χ2v) is 11.3. The van der Waals surface area contributed by atoms with Gasteiger partial charge in [-0.25, -0.2) is 0 Å². The SMILES string of the molecule is Cc1c(COc2cc(OCc3cncc(C#N)c3)c(CN3CCCC3C)cc2Cl)cccc1-c1ccc2ccoc2c1. The highest BCUT2D eigenvalue weighted by Crippen LogP contribution is 2.36. The van der Waals surface area contributed by atoms with E-state index in [1.807, 2.05) is 24.3 Å². The zero-order valence-corrected chi connectivity index (χ0v) is 24.5. The minimum Gasteiger partial charge on any atom is -0.488 e. The van der Waals surface area contributed by atoms with E-state index in [1.54, 1.807) is 24.7 Å². The van der Waals surface area contributed by atoms with Gasteiger partial charge in [0.25, 0.3) is 0 Å². The van der Waals surface area contributed by atoms with Crippen LogP contribution in [0.15, 0.2) is 83.7 Å². The molecule has 0 aliphatic carbocycles. The molecular formula is C35H32ClN3O3. The van der Waals surface area contributed by atoms with Gasteiger partial charge < -0.3 is 13.9 Å². The van der Waals surface area contributed by atoms with Gasteiger partial charge in [-0.3, -0.25) is 9.88 Å². The fourth-order valence-corrected chi connectivity index (χ4v) is 5.85. The number of nitrogens with zero attached hydrogens (tertiary/aromatic N) is 3. The number of hydrogen-bond acceptors (Lipinski definition) is 6. The second-order valence-electron chi connectivity index (χ2n) is 10.9. The molecule has 0 amide bonds.